The Balaban J connectivity index is 2.03. The molecule has 0 radical (unpaired) electrons. The number of halogens is 1. The zero-order valence-corrected chi connectivity index (χ0v) is 11.7. The number of anilines is 1. The van der Waals surface area contributed by atoms with Crippen LogP contribution in [0, 0.1) is 5.92 Å². The molecule has 3 N–H and O–H groups in total. The maximum absolute atomic E-state index is 12.1. The molecule has 1 aromatic carbocycles. The summed E-state index contributed by atoms with van der Waals surface area (Å²) >= 11 is 6.08. The third kappa shape index (κ3) is 3.39. The van der Waals surface area contributed by atoms with Gasteiger partial charge >= 0.3 is 0 Å². The predicted octanol–water partition coefficient (Wildman–Crippen LogP) is 2.80. The van der Waals surface area contributed by atoms with E-state index in [1.807, 2.05) is 6.92 Å². The molecule has 4 nitrogen and oxygen atoms in total. The van der Waals surface area contributed by atoms with E-state index in [1.165, 1.54) is 0 Å². The first-order valence-corrected chi connectivity index (χ1v) is 6.98. The Kier molecular flexibility index (Phi) is 4.66. The Hall–Kier alpha value is -1.26. The number of rotatable bonds is 4. The van der Waals surface area contributed by atoms with Crippen LogP contribution in [0.5, 0.6) is 5.75 Å². The zero-order chi connectivity index (χ0) is 13.8. The van der Waals surface area contributed by atoms with Crippen molar-refractivity contribution in [1.29, 1.82) is 0 Å². The second kappa shape index (κ2) is 6.26. The Bertz CT molecular complexity index is 465. The van der Waals surface area contributed by atoms with Gasteiger partial charge in [0.15, 0.2) is 0 Å². The van der Waals surface area contributed by atoms with Crippen molar-refractivity contribution in [3.63, 3.8) is 0 Å². The van der Waals surface area contributed by atoms with E-state index in [1.54, 1.807) is 18.2 Å². The Morgan fingerprint density at radius 2 is 2.32 bits per heavy atom. The summed E-state index contributed by atoms with van der Waals surface area (Å²) in [6.07, 6.45) is 2.79. The highest BCUT2D eigenvalue weighted by Crippen LogP contribution is 2.29. The average Bonchev–Trinajstić information content (AvgIpc) is 2.79. The molecule has 104 valence electrons. The molecule has 0 spiro atoms. The van der Waals surface area contributed by atoms with Crippen LogP contribution in [0.25, 0.3) is 0 Å². The summed E-state index contributed by atoms with van der Waals surface area (Å²) < 4.78 is 5.35. The van der Waals surface area contributed by atoms with Crippen molar-refractivity contribution in [2.45, 2.75) is 32.2 Å². The minimum absolute atomic E-state index is 0.0229. The quantitative estimate of drug-likeness (QED) is 0.892. The van der Waals surface area contributed by atoms with Crippen LogP contribution < -0.4 is 15.8 Å². The van der Waals surface area contributed by atoms with Crippen LogP contribution in [0.4, 0.5) is 5.69 Å². The average molecular weight is 283 g/mol. The van der Waals surface area contributed by atoms with Crippen LogP contribution in [0.2, 0.25) is 5.02 Å². The second-order valence-corrected chi connectivity index (χ2v) is 5.18. The molecule has 1 amide bonds. The molecule has 1 aliphatic rings. The van der Waals surface area contributed by atoms with E-state index in [4.69, 9.17) is 22.1 Å². The molecular formula is C14H19ClN2O2. The number of nitrogens with one attached hydrogen (secondary N) is 1. The molecule has 0 aromatic heterocycles. The fourth-order valence-corrected chi connectivity index (χ4v) is 2.64. The standard InChI is InChI=1S/C14H19ClN2O2/c1-2-19-13-7-6-9(8-11(13)15)17-14(18)10-4-3-5-12(10)16/h6-8,10,12H,2-5,16H2,1H3,(H,17,18). The van der Waals surface area contributed by atoms with Gasteiger partial charge in [0, 0.05) is 11.7 Å². The molecule has 2 atom stereocenters. The summed E-state index contributed by atoms with van der Waals surface area (Å²) in [6.45, 7) is 2.45. The normalized spacial score (nSPS) is 22.3. The van der Waals surface area contributed by atoms with Crippen LogP contribution in [0.1, 0.15) is 26.2 Å². The third-order valence-electron chi connectivity index (χ3n) is 3.41. The molecule has 1 aliphatic carbocycles. The lowest BCUT2D eigenvalue weighted by molar-refractivity contribution is -0.120. The number of hydrogen-bond acceptors (Lipinski definition) is 3. The summed E-state index contributed by atoms with van der Waals surface area (Å²) in [7, 11) is 0. The van der Waals surface area contributed by atoms with E-state index < -0.39 is 0 Å². The highest BCUT2D eigenvalue weighted by Gasteiger charge is 2.30. The number of amides is 1. The number of hydrogen-bond donors (Lipinski definition) is 2. The first-order chi connectivity index (χ1) is 9.11. The second-order valence-electron chi connectivity index (χ2n) is 4.77. The topological polar surface area (TPSA) is 64.3 Å². The minimum Gasteiger partial charge on any atom is -0.492 e. The summed E-state index contributed by atoms with van der Waals surface area (Å²) in [5.74, 6) is 0.510. The highest BCUT2D eigenvalue weighted by atomic mass is 35.5. The van der Waals surface area contributed by atoms with Crippen molar-refractivity contribution < 1.29 is 9.53 Å². The van der Waals surface area contributed by atoms with Crippen LogP contribution in [-0.2, 0) is 4.79 Å². The lowest BCUT2D eigenvalue weighted by atomic mass is 10.0. The molecule has 0 aliphatic heterocycles. The predicted molar refractivity (Wildman–Crippen MR) is 76.6 cm³/mol. The fourth-order valence-electron chi connectivity index (χ4n) is 2.40. The lowest BCUT2D eigenvalue weighted by Gasteiger charge is -2.15. The zero-order valence-electron chi connectivity index (χ0n) is 11.0. The largest absolute Gasteiger partial charge is 0.492 e. The fraction of sp³-hybridized carbons (Fsp3) is 0.500. The first-order valence-electron chi connectivity index (χ1n) is 6.60. The summed E-state index contributed by atoms with van der Waals surface area (Å²) in [5, 5.41) is 3.36. The van der Waals surface area contributed by atoms with Crippen LogP contribution in [-0.4, -0.2) is 18.6 Å². The number of benzene rings is 1. The van der Waals surface area contributed by atoms with Gasteiger partial charge in [-0.3, -0.25) is 4.79 Å². The van der Waals surface area contributed by atoms with Crippen molar-refractivity contribution in [3.8, 4) is 5.75 Å². The van der Waals surface area contributed by atoms with Gasteiger partial charge in [-0.15, -0.1) is 0 Å². The van der Waals surface area contributed by atoms with E-state index in [2.05, 4.69) is 5.32 Å². The molecular weight excluding hydrogens is 264 g/mol. The summed E-state index contributed by atoms with van der Waals surface area (Å²) in [6, 6.07) is 5.22. The number of carbonyl (C=O) groups is 1. The van der Waals surface area contributed by atoms with Gasteiger partial charge in [-0.1, -0.05) is 18.0 Å². The first kappa shape index (κ1) is 14.2. The monoisotopic (exact) mass is 282 g/mol. The third-order valence-corrected chi connectivity index (χ3v) is 3.70. The van der Waals surface area contributed by atoms with Crippen LogP contribution >= 0.6 is 11.6 Å². The molecule has 1 saturated carbocycles. The molecule has 1 aromatic rings. The molecule has 2 rings (SSSR count). The van der Waals surface area contributed by atoms with Crippen molar-refractivity contribution in [2.24, 2.45) is 11.7 Å². The Labute approximate surface area is 118 Å². The van der Waals surface area contributed by atoms with Gasteiger partial charge in [-0.25, -0.2) is 0 Å². The number of carbonyl (C=O) groups excluding carboxylic acids is 1. The Morgan fingerprint density at radius 3 is 2.89 bits per heavy atom. The number of nitrogens with two attached hydrogens (primary N) is 1. The van der Waals surface area contributed by atoms with Gasteiger partial charge in [-0.2, -0.15) is 0 Å². The van der Waals surface area contributed by atoms with E-state index in [-0.39, 0.29) is 17.9 Å². The smallest absolute Gasteiger partial charge is 0.229 e. The van der Waals surface area contributed by atoms with Crippen molar-refractivity contribution in [2.75, 3.05) is 11.9 Å². The molecule has 0 saturated heterocycles. The molecule has 5 heteroatoms. The maximum atomic E-state index is 12.1. The molecule has 2 unspecified atom stereocenters. The van der Waals surface area contributed by atoms with Gasteiger partial charge in [0.05, 0.1) is 17.5 Å². The molecule has 0 bridgehead atoms. The van der Waals surface area contributed by atoms with Gasteiger partial charge < -0.3 is 15.8 Å². The minimum atomic E-state index is -0.0923. The van der Waals surface area contributed by atoms with E-state index >= 15 is 0 Å². The van der Waals surface area contributed by atoms with Crippen molar-refractivity contribution in [1.82, 2.24) is 0 Å². The SMILES string of the molecule is CCOc1ccc(NC(=O)C2CCCC2N)cc1Cl. The maximum Gasteiger partial charge on any atom is 0.229 e. The van der Waals surface area contributed by atoms with E-state index in [0.29, 0.717) is 23.1 Å². The summed E-state index contributed by atoms with van der Waals surface area (Å²) in [4.78, 5) is 12.1. The van der Waals surface area contributed by atoms with Gasteiger partial charge in [0.2, 0.25) is 5.91 Å². The number of ether oxygens (including phenoxy) is 1. The lowest BCUT2D eigenvalue weighted by Crippen LogP contribution is -2.34. The summed E-state index contributed by atoms with van der Waals surface area (Å²) in [5.41, 5.74) is 6.60. The van der Waals surface area contributed by atoms with Crippen molar-refractivity contribution in [3.05, 3.63) is 23.2 Å². The highest BCUT2D eigenvalue weighted by molar-refractivity contribution is 6.32. The molecule has 0 heterocycles. The van der Waals surface area contributed by atoms with Crippen molar-refractivity contribution >= 4 is 23.2 Å². The van der Waals surface area contributed by atoms with Crippen LogP contribution in [0.3, 0.4) is 0 Å². The van der Waals surface area contributed by atoms with E-state index in [0.717, 1.165) is 19.3 Å². The van der Waals surface area contributed by atoms with Gasteiger partial charge in [-0.05, 0) is 38.0 Å². The van der Waals surface area contributed by atoms with Gasteiger partial charge in [0.1, 0.15) is 5.75 Å². The van der Waals surface area contributed by atoms with Gasteiger partial charge in [0.25, 0.3) is 0 Å². The molecule has 1 fully saturated rings. The Morgan fingerprint density at radius 1 is 1.53 bits per heavy atom. The van der Waals surface area contributed by atoms with E-state index in [9.17, 15) is 4.79 Å². The molecule has 19 heavy (non-hydrogen) atoms. The van der Waals surface area contributed by atoms with Crippen LogP contribution in [0.15, 0.2) is 18.2 Å².